The Labute approximate surface area is 89.2 Å². The molecule has 84 valence electrons. The summed E-state index contributed by atoms with van der Waals surface area (Å²) in [7, 11) is 1.65. The third-order valence-electron chi connectivity index (χ3n) is 2.21. The molecule has 0 aliphatic heterocycles. The van der Waals surface area contributed by atoms with Gasteiger partial charge in [-0.2, -0.15) is 0 Å². The molecular weight excluding hydrogens is 194 g/mol. The lowest BCUT2D eigenvalue weighted by Gasteiger charge is -2.08. The SMILES string of the molecule is COC(C)CCC(=O)NCc1cnc[nH]1. The minimum Gasteiger partial charge on any atom is -0.382 e. The van der Waals surface area contributed by atoms with Crippen molar-refractivity contribution in [2.24, 2.45) is 0 Å². The highest BCUT2D eigenvalue weighted by Crippen LogP contribution is 2.00. The summed E-state index contributed by atoms with van der Waals surface area (Å²) in [6, 6.07) is 0. The summed E-state index contributed by atoms with van der Waals surface area (Å²) < 4.78 is 5.05. The van der Waals surface area contributed by atoms with Crippen molar-refractivity contribution in [1.29, 1.82) is 0 Å². The predicted octanol–water partition coefficient (Wildman–Crippen LogP) is 0.841. The van der Waals surface area contributed by atoms with Crippen LogP contribution in [-0.4, -0.2) is 29.1 Å². The molecule has 0 aliphatic carbocycles. The summed E-state index contributed by atoms with van der Waals surface area (Å²) in [5.41, 5.74) is 0.906. The quantitative estimate of drug-likeness (QED) is 0.732. The first-order chi connectivity index (χ1) is 7.22. The van der Waals surface area contributed by atoms with E-state index >= 15 is 0 Å². The Bertz CT molecular complexity index is 285. The average Bonchev–Trinajstić information content (AvgIpc) is 2.75. The molecule has 1 aromatic rings. The van der Waals surface area contributed by atoms with Gasteiger partial charge in [-0.25, -0.2) is 4.98 Å². The largest absolute Gasteiger partial charge is 0.382 e. The molecule has 1 heterocycles. The second-order valence-corrected chi connectivity index (χ2v) is 3.44. The number of nitrogens with zero attached hydrogens (tertiary/aromatic N) is 1. The van der Waals surface area contributed by atoms with Gasteiger partial charge < -0.3 is 15.0 Å². The van der Waals surface area contributed by atoms with E-state index in [2.05, 4.69) is 15.3 Å². The van der Waals surface area contributed by atoms with Crippen molar-refractivity contribution in [1.82, 2.24) is 15.3 Å². The van der Waals surface area contributed by atoms with Gasteiger partial charge in [0.25, 0.3) is 0 Å². The Morgan fingerprint density at radius 2 is 2.53 bits per heavy atom. The molecule has 1 unspecified atom stereocenters. The van der Waals surface area contributed by atoms with Crippen molar-refractivity contribution in [3.63, 3.8) is 0 Å². The van der Waals surface area contributed by atoms with Gasteiger partial charge in [-0.1, -0.05) is 0 Å². The molecule has 5 heteroatoms. The predicted molar refractivity (Wildman–Crippen MR) is 56.1 cm³/mol. The first-order valence-corrected chi connectivity index (χ1v) is 4.99. The summed E-state index contributed by atoms with van der Waals surface area (Å²) >= 11 is 0. The molecule has 0 bridgehead atoms. The molecule has 0 saturated carbocycles. The van der Waals surface area contributed by atoms with E-state index in [-0.39, 0.29) is 12.0 Å². The van der Waals surface area contributed by atoms with Crippen molar-refractivity contribution in [3.8, 4) is 0 Å². The maximum atomic E-state index is 11.4. The van der Waals surface area contributed by atoms with E-state index in [9.17, 15) is 4.79 Å². The maximum absolute atomic E-state index is 11.4. The Morgan fingerprint density at radius 3 is 3.13 bits per heavy atom. The first kappa shape index (κ1) is 11.7. The second kappa shape index (κ2) is 6.19. The van der Waals surface area contributed by atoms with Gasteiger partial charge in [-0.15, -0.1) is 0 Å². The molecule has 15 heavy (non-hydrogen) atoms. The first-order valence-electron chi connectivity index (χ1n) is 4.99. The van der Waals surface area contributed by atoms with E-state index in [1.54, 1.807) is 19.6 Å². The van der Waals surface area contributed by atoms with E-state index in [4.69, 9.17) is 4.74 Å². The molecule has 0 spiro atoms. The fourth-order valence-electron chi connectivity index (χ4n) is 1.12. The van der Waals surface area contributed by atoms with Crippen LogP contribution in [0.5, 0.6) is 0 Å². The highest BCUT2D eigenvalue weighted by molar-refractivity contribution is 5.75. The summed E-state index contributed by atoms with van der Waals surface area (Å²) in [6.07, 6.45) is 4.64. The smallest absolute Gasteiger partial charge is 0.220 e. The molecular formula is C10H17N3O2. The number of carbonyl (C=O) groups is 1. The second-order valence-electron chi connectivity index (χ2n) is 3.44. The number of imidazole rings is 1. The highest BCUT2D eigenvalue weighted by atomic mass is 16.5. The van der Waals surface area contributed by atoms with Crippen LogP contribution in [0.1, 0.15) is 25.5 Å². The van der Waals surface area contributed by atoms with Crippen LogP contribution >= 0.6 is 0 Å². The van der Waals surface area contributed by atoms with Crippen LogP contribution in [-0.2, 0) is 16.1 Å². The minimum atomic E-state index is 0.0356. The summed E-state index contributed by atoms with van der Waals surface area (Å²) in [5, 5.41) is 2.80. The van der Waals surface area contributed by atoms with Crippen molar-refractivity contribution in [2.75, 3.05) is 7.11 Å². The van der Waals surface area contributed by atoms with Crippen LogP contribution in [0.15, 0.2) is 12.5 Å². The minimum absolute atomic E-state index is 0.0356. The van der Waals surface area contributed by atoms with Gasteiger partial charge in [0.2, 0.25) is 5.91 Å². The molecule has 0 aliphatic rings. The molecule has 1 aromatic heterocycles. The van der Waals surface area contributed by atoms with E-state index in [1.165, 1.54) is 0 Å². The molecule has 1 amide bonds. The van der Waals surface area contributed by atoms with Crippen LogP contribution in [0.3, 0.4) is 0 Å². The van der Waals surface area contributed by atoms with Crippen molar-refractivity contribution >= 4 is 5.91 Å². The van der Waals surface area contributed by atoms with Crippen LogP contribution < -0.4 is 5.32 Å². The number of aromatic nitrogens is 2. The third-order valence-corrected chi connectivity index (χ3v) is 2.21. The van der Waals surface area contributed by atoms with Crippen LogP contribution in [0, 0.1) is 0 Å². The standard InChI is InChI=1S/C10H17N3O2/c1-8(15-2)3-4-10(14)12-6-9-5-11-7-13-9/h5,7-8H,3-4,6H2,1-2H3,(H,11,13)(H,12,14). The van der Waals surface area contributed by atoms with Gasteiger partial charge >= 0.3 is 0 Å². The fraction of sp³-hybridized carbons (Fsp3) is 0.600. The van der Waals surface area contributed by atoms with E-state index < -0.39 is 0 Å². The number of methoxy groups -OCH3 is 1. The fourth-order valence-corrected chi connectivity index (χ4v) is 1.12. The Balaban J connectivity index is 2.14. The monoisotopic (exact) mass is 211 g/mol. The third kappa shape index (κ3) is 4.60. The van der Waals surface area contributed by atoms with Crippen LogP contribution in [0.2, 0.25) is 0 Å². The Kier molecular flexibility index (Phi) is 4.83. The zero-order chi connectivity index (χ0) is 11.1. The normalized spacial score (nSPS) is 12.4. The molecule has 0 radical (unpaired) electrons. The number of carbonyl (C=O) groups excluding carboxylic acids is 1. The zero-order valence-corrected chi connectivity index (χ0v) is 9.12. The average molecular weight is 211 g/mol. The summed E-state index contributed by atoms with van der Waals surface area (Å²) in [4.78, 5) is 18.1. The molecule has 2 N–H and O–H groups in total. The highest BCUT2D eigenvalue weighted by Gasteiger charge is 2.05. The lowest BCUT2D eigenvalue weighted by atomic mass is 10.2. The van der Waals surface area contributed by atoms with Crippen molar-refractivity contribution in [3.05, 3.63) is 18.2 Å². The molecule has 5 nitrogen and oxygen atoms in total. The van der Waals surface area contributed by atoms with Gasteiger partial charge in [0.1, 0.15) is 0 Å². The lowest BCUT2D eigenvalue weighted by Crippen LogP contribution is -2.23. The number of hydrogen-bond acceptors (Lipinski definition) is 3. The Hall–Kier alpha value is -1.36. The van der Waals surface area contributed by atoms with Gasteiger partial charge in [0.15, 0.2) is 0 Å². The van der Waals surface area contributed by atoms with E-state index in [1.807, 2.05) is 6.92 Å². The molecule has 1 rings (SSSR count). The molecule has 0 saturated heterocycles. The molecule has 0 fully saturated rings. The zero-order valence-electron chi connectivity index (χ0n) is 9.12. The van der Waals surface area contributed by atoms with E-state index in [0.29, 0.717) is 13.0 Å². The molecule has 1 atom stereocenters. The van der Waals surface area contributed by atoms with Crippen molar-refractivity contribution < 1.29 is 9.53 Å². The number of H-pyrrole nitrogens is 1. The van der Waals surface area contributed by atoms with Gasteiger partial charge in [-0.05, 0) is 13.3 Å². The topological polar surface area (TPSA) is 67.0 Å². The van der Waals surface area contributed by atoms with E-state index in [0.717, 1.165) is 12.1 Å². The number of rotatable bonds is 6. The number of hydrogen-bond donors (Lipinski definition) is 2. The maximum Gasteiger partial charge on any atom is 0.220 e. The van der Waals surface area contributed by atoms with Crippen molar-refractivity contribution in [2.45, 2.75) is 32.4 Å². The van der Waals surface area contributed by atoms with Gasteiger partial charge in [0, 0.05) is 19.7 Å². The lowest BCUT2D eigenvalue weighted by molar-refractivity contribution is -0.121. The summed E-state index contributed by atoms with van der Waals surface area (Å²) in [5.74, 6) is 0.0356. The van der Waals surface area contributed by atoms with Crippen LogP contribution in [0.4, 0.5) is 0 Å². The number of ether oxygens (including phenoxy) is 1. The summed E-state index contributed by atoms with van der Waals surface area (Å²) in [6.45, 7) is 2.45. The van der Waals surface area contributed by atoms with Crippen LogP contribution in [0.25, 0.3) is 0 Å². The number of aromatic amines is 1. The van der Waals surface area contributed by atoms with Gasteiger partial charge in [-0.3, -0.25) is 4.79 Å². The van der Waals surface area contributed by atoms with Gasteiger partial charge in [0.05, 0.1) is 24.7 Å². The molecule has 0 aromatic carbocycles. The Morgan fingerprint density at radius 1 is 1.73 bits per heavy atom. The number of nitrogens with one attached hydrogen (secondary N) is 2. The number of amides is 1.